The summed E-state index contributed by atoms with van der Waals surface area (Å²) in [7, 11) is 0. The summed E-state index contributed by atoms with van der Waals surface area (Å²) >= 11 is 3.53. The van der Waals surface area contributed by atoms with E-state index in [1.165, 1.54) is 12.0 Å². The van der Waals surface area contributed by atoms with E-state index in [0.717, 1.165) is 16.2 Å². The van der Waals surface area contributed by atoms with Gasteiger partial charge in [-0.2, -0.15) is 0 Å². The number of nitrogens with zero attached hydrogens (tertiary/aromatic N) is 1. The Bertz CT molecular complexity index is 325. The number of pyridine rings is 1. The number of aromatic nitrogens is 1. The van der Waals surface area contributed by atoms with Gasteiger partial charge in [0.25, 0.3) is 0 Å². The zero-order valence-corrected chi connectivity index (χ0v) is 9.43. The van der Waals surface area contributed by atoms with Gasteiger partial charge in [-0.05, 0) is 46.8 Å². The molecule has 70 valence electrons. The van der Waals surface area contributed by atoms with Crippen LogP contribution in [0.25, 0.3) is 0 Å². The Morgan fingerprint density at radius 2 is 2.31 bits per heavy atom. The third kappa shape index (κ3) is 1.85. The molecule has 3 heteroatoms. The molecule has 2 atom stereocenters. The highest BCUT2D eigenvalue weighted by Crippen LogP contribution is 2.34. The monoisotopic (exact) mass is 240 g/mol. The smallest absolute Gasteiger partial charge is 0.140 e. The first-order chi connectivity index (χ1) is 6.18. The molecule has 0 radical (unpaired) electrons. The van der Waals surface area contributed by atoms with Crippen LogP contribution in [-0.4, -0.2) is 11.0 Å². The van der Waals surface area contributed by atoms with Gasteiger partial charge in [0, 0.05) is 12.2 Å². The fraction of sp³-hybridized carbons (Fsp3) is 0.500. The number of nitrogens with one attached hydrogen (secondary N) is 1. The van der Waals surface area contributed by atoms with Gasteiger partial charge in [0.1, 0.15) is 5.82 Å². The van der Waals surface area contributed by atoms with Gasteiger partial charge in [0.05, 0.1) is 4.47 Å². The molecular formula is C10H13BrN2. The van der Waals surface area contributed by atoms with E-state index in [4.69, 9.17) is 0 Å². The summed E-state index contributed by atoms with van der Waals surface area (Å²) in [4.78, 5) is 4.30. The second-order valence-corrected chi connectivity index (χ2v) is 4.55. The number of hydrogen-bond acceptors (Lipinski definition) is 2. The zero-order valence-electron chi connectivity index (χ0n) is 7.84. The molecule has 2 nitrogen and oxygen atoms in total. The molecule has 0 bridgehead atoms. The first-order valence-electron chi connectivity index (χ1n) is 4.56. The third-order valence-electron chi connectivity index (χ3n) is 2.51. The first-order valence-corrected chi connectivity index (χ1v) is 5.35. The van der Waals surface area contributed by atoms with Gasteiger partial charge in [-0.3, -0.25) is 0 Å². The number of halogens is 1. The van der Waals surface area contributed by atoms with Crippen molar-refractivity contribution in [3.8, 4) is 0 Å². The quantitative estimate of drug-likeness (QED) is 0.860. The maximum absolute atomic E-state index is 4.30. The third-order valence-corrected chi connectivity index (χ3v) is 3.51. The lowest BCUT2D eigenvalue weighted by molar-refractivity contribution is 0.922. The van der Waals surface area contributed by atoms with Gasteiger partial charge in [-0.1, -0.05) is 6.92 Å². The van der Waals surface area contributed by atoms with Gasteiger partial charge in [0.2, 0.25) is 0 Å². The Morgan fingerprint density at radius 1 is 1.62 bits per heavy atom. The van der Waals surface area contributed by atoms with Crippen molar-refractivity contribution in [2.45, 2.75) is 26.3 Å². The Hall–Kier alpha value is -0.570. The van der Waals surface area contributed by atoms with Gasteiger partial charge in [0.15, 0.2) is 0 Å². The standard InChI is InChI=1S/C10H13BrN2/c1-6-3-4-12-10(9(6)11)13-8-5-7(8)2/h3-4,7-8H,5H2,1-2H3,(H,12,13). The van der Waals surface area contributed by atoms with E-state index < -0.39 is 0 Å². The van der Waals surface area contributed by atoms with Crippen LogP contribution in [-0.2, 0) is 0 Å². The molecule has 1 saturated carbocycles. The minimum atomic E-state index is 0.630. The predicted octanol–water partition coefficient (Wildman–Crippen LogP) is 2.97. The van der Waals surface area contributed by atoms with Crippen molar-refractivity contribution in [3.05, 3.63) is 22.3 Å². The average molecular weight is 241 g/mol. The molecule has 0 aliphatic heterocycles. The van der Waals surface area contributed by atoms with E-state index in [2.05, 4.69) is 40.1 Å². The van der Waals surface area contributed by atoms with Crippen LogP contribution in [0.4, 0.5) is 5.82 Å². The van der Waals surface area contributed by atoms with Crippen LogP contribution in [0.3, 0.4) is 0 Å². The van der Waals surface area contributed by atoms with Crippen LogP contribution in [0, 0.1) is 12.8 Å². The van der Waals surface area contributed by atoms with E-state index >= 15 is 0 Å². The molecule has 1 aromatic heterocycles. The minimum absolute atomic E-state index is 0.630. The average Bonchev–Trinajstić information content (AvgIpc) is 2.77. The fourth-order valence-corrected chi connectivity index (χ4v) is 1.69. The van der Waals surface area contributed by atoms with E-state index in [1.54, 1.807) is 0 Å². The Kier molecular flexibility index (Phi) is 2.28. The molecular weight excluding hydrogens is 228 g/mol. The van der Waals surface area contributed by atoms with Crippen LogP contribution in [0.2, 0.25) is 0 Å². The number of anilines is 1. The van der Waals surface area contributed by atoms with Crippen molar-refractivity contribution in [3.63, 3.8) is 0 Å². The summed E-state index contributed by atoms with van der Waals surface area (Å²) in [6.07, 6.45) is 3.11. The largest absolute Gasteiger partial charge is 0.366 e. The van der Waals surface area contributed by atoms with Crippen molar-refractivity contribution in [1.29, 1.82) is 0 Å². The highest BCUT2D eigenvalue weighted by Gasteiger charge is 2.33. The summed E-state index contributed by atoms with van der Waals surface area (Å²) in [6.45, 7) is 4.33. The molecule has 1 aliphatic carbocycles. The fourth-order valence-electron chi connectivity index (χ4n) is 1.34. The van der Waals surface area contributed by atoms with Crippen molar-refractivity contribution < 1.29 is 0 Å². The molecule has 1 fully saturated rings. The molecule has 13 heavy (non-hydrogen) atoms. The summed E-state index contributed by atoms with van der Waals surface area (Å²) in [5, 5.41) is 3.42. The molecule has 0 amide bonds. The van der Waals surface area contributed by atoms with Gasteiger partial charge in [-0.15, -0.1) is 0 Å². The molecule has 0 aromatic carbocycles. The van der Waals surface area contributed by atoms with Crippen LogP contribution in [0.5, 0.6) is 0 Å². The lowest BCUT2D eigenvalue weighted by Crippen LogP contribution is -2.06. The van der Waals surface area contributed by atoms with Crippen molar-refractivity contribution in [2.75, 3.05) is 5.32 Å². The van der Waals surface area contributed by atoms with Crippen LogP contribution >= 0.6 is 15.9 Å². The topological polar surface area (TPSA) is 24.9 Å². The summed E-state index contributed by atoms with van der Waals surface area (Å²) in [5.41, 5.74) is 1.23. The van der Waals surface area contributed by atoms with Gasteiger partial charge in [-0.25, -0.2) is 4.98 Å². The predicted molar refractivity (Wildman–Crippen MR) is 57.9 cm³/mol. The number of hydrogen-bond donors (Lipinski definition) is 1. The zero-order chi connectivity index (χ0) is 9.42. The normalized spacial score (nSPS) is 25.8. The highest BCUT2D eigenvalue weighted by atomic mass is 79.9. The second kappa shape index (κ2) is 3.29. The summed E-state index contributed by atoms with van der Waals surface area (Å²) in [5.74, 6) is 1.78. The maximum atomic E-state index is 4.30. The van der Waals surface area contributed by atoms with Crippen LogP contribution < -0.4 is 5.32 Å². The van der Waals surface area contributed by atoms with Crippen LogP contribution in [0.1, 0.15) is 18.9 Å². The second-order valence-electron chi connectivity index (χ2n) is 3.75. The Balaban J connectivity index is 2.15. The van der Waals surface area contributed by atoms with Gasteiger partial charge >= 0.3 is 0 Å². The Morgan fingerprint density at radius 3 is 2.92 bits per heavy atom. The van der Waals surface area contributed by atoms with Gasteiger partial charge < -0.3 is 5.32 Å². The lowest BCUT2D eigenvalue weighted by Gasteiger charge is -2.07. The molecule has 1 aromatic rings. The minimum Gasteiger partial charge on any atom is -0.366 e. The molecule has 1 heterocycles. The van der Waals surface area contributed by atoms with Crippen LogP contribution in [0.15, 0.2) is 16.7 Å². The highest BCUT2D eigenvalue weighted by molar-refractivity contribution is 9.10. The Labute approximate surface area is 86.9 Å². The molecule has 0 saturated heterocycles. The van der Waals surface area contributed by atoms with E-state index in [-0.39, 0.29) is 0 Å². The lowest BCUT2D eigenvalue weighted by atomic mass is 10.3. The van der Waals surface area contributed by atoms with Crippen molar-refractivity contribution in [1.82, 2.24) is 4.98 Å². The van der Waals surface area contributed by atoms with E-state index in [9.17, 15) is 0 Å². The number of rotatable bonds is 2. The van der Waals surface area contributed by atoms with Crippen molar-refractivity contribution >= 4 is 21.7 Å². The first kappa shape index (κ1) is 9.00. The SMILES string of the molecule is Cc1ccnc(NC2CC2C)c1Br. The molecule has 0 spiro atoms. The summed E-state index contributed by atoms with van der Waals surface area (Å²) < 4.78 is 1.09. The molecule has 2 rings (SSSR count). The van der Waals surface area contributed by atoms with E-state index in [0.29, 0.717) is 6.04 Å². The van der Waals surface area contributed by atoms with Crippen molar-refractivity contribution in [2.24, 2.45) is 5.92 Å². The molecule has 1 aliphatic rings. The number of aryl methyl sites for hydroxylation is 1. The molecule has 1 N–H and O–H groups in total. The molecule has 2 unspecified atom stereocenters. The van der Waals surface area contributed by atoms with E-state index in [1.807, 2.05) is 12.3 Å². The maximum Gasteiger partial charge on any atom is 0.140 e. The summed E-state index contributed by atoms with van der Waals surface area (Å²) in [6, 6.07) is 2.64.